The zero-order valence-corrected chi connectivity index (χ0v) is 11.6. The van der Waals surface area contributed by atoms with Gasteiger partial charge in [-0.25, -0.2) is 0 Å². The van der Waals surface area contributed by atoms with E-state index in [9.17, 15) is 0 Å². The van der Waals surface area contributed by atoms with Gasteiger partial charge in [0.15, 0.2) is 0 Å². The summed E-state index contributed by atoms with van der Waals surface area (Å²) in [4.78, 5) is 2.10. The Balaban J connectivity index is 2.15. The summed E-state index contributed by atoms with van der Waals surface area (Å²) in [7, 11) is 1.86. The molecular weight excluding hydrogens is 240 g/mol. The van der Waals surface area contributed by atoms with E-state index >= 15 is 0 Å². The number of nitrogens with one attached hydrogen (secondary N) is 1. The van der Waals surface area contributed by atoms with E-state index in [1.807, 2.05) is 25.2 Å². The fraction of sp³-hybridized carbons (Fsp3) is 0.429. The fourth-order valence-electron chi connectivity index (χ4n) is 1.83. The van der Waals surface area contributed by atoms with Gasteiger partial charge in [0.2, 0.25) is 5.89 Å². The van der Waals surface area contributed by atoms with Gasteiger partial charge in [-0.05, 0) is 26.5 Å². The summed E-state index contributed by atoms with van der Waals surface area (Å²) in [6.07, 6.45) is 0. The van der Waals surface area contributed by atoms with Crippen molar-refractivity contribution in [2.75, 3.05) is 11.9 Å². The number of benzene rings is 1. The summed E-state index contributed by atoms with van der Waals surface area (Å²) >= 11 is 0. The van der Waals surface area contributed by atoms with Crippen LogP contribution in [0, 0.1) is 0 Å². The standard InChI is InChI=1S/C14H20N4O/c1-11(2)18(10-12-7-5-4-6-8-12)14-17-16-13(19-14)9-15-3/h4-8,11,15H,9-10H2,1-3H3. The number of nitrogens with zero attached hydrogens (tertiary/aromatic N) is 3. The van der Waals surface area contributed by atoms with Gasteiger partial charge in [0.05, 0.1) is 6.54 Å². The molecule has 0 aliphatic heterocycles. The Labute approximate surface area is 113 Å². The molecule has 1 aromatic heterocycles. The molecule has 2 aromatic rings. The maximum atomic E-state index is 5.66. The molecule has 1 N–H and O–H groups in total. The summed E-state index contributed by atoms with van der Waals surface area (Å²) in [5, 5.41) is 11.2. The topological polar surface area (TPSA) is 54.2 Å². The van der Waals surface area contributed by atoms with Crippen LogP contribution in [0.1, 0.15) is 25.3 Å². The van der Waals surface area contributed by atoms with Gasteiger partial charge >= 0.3 is 6.01 Å². The first-order valence-corrected chi connectivity index (χ1v) is 6.48. The second-order valence-electron chi connectivity index (χ2n) is 4.72. The molecule has 5 heteroatoms. The smallest absolute Gasteiger partial charge is 0.318 e. The molecule has 0 fully saturated rings. The minimum absolute atomic E-state index is 0.295. The van der Waals surface area contributed by atoms with Crippen LogP contribution in [0.3, 0.4) is 0 Å². The van der Waals surface area contributed by atoms with Crippen LogP contribution in [0.15, 0.2) is 34.7 Å². The van der Waals surface area contributed by atoms with Crippen LogP contribution in [-0.4, -0.2) is 23.3 Å². The highest BCUT2D eigenvalue weighted by molar-refractivity contribution is 5.29. The number of anilines is 1. The zero-order valence-electron chi connectivity index (χ0n) is 11.6. The van der Waals surface area contributed by atoms with E-state index in [0.29, 0.717) is 24.5 Å². The maximum Gasteiger partial charge on any atom is 0.318 e. The van der Waals surface area contributed by atoms with Crippen molar-refractivity contribution in [3.8, 4) is 0 Å². The summed E-state index contributed by atoms with van der Waals surface area (Å²) in [6.45, 7) is 5.58. The second-order valence-corrected chi connectivity index (χ2v) is 4.72. The van der Waals surface area contributed by atoms with Crippen molar-refractivity contribution < 1.29 is 4.42 Å². The van der Waals surface area contributed by atoms with Gasteiger partial charge in [-0.2, -0.15) is 0 Å². The molecule has 0 aliphatic carbocycles. The molecule has 0 amide bonds. The highest BCUT2D eigenvalue weighted by Gasteiger charge is 2.17. The molecule has 19 heavy (non-hydrogen) atoms. The number of rotatable bonds is 6. The summed E-state index contributed by atoms with van der Waals surface area (Å²) < 4.78 is 5.66. The lowest BCUT2D eigenvalue weighted by molar-refractivity contribution is 0.459. The first kappa shape index (κ1) is 13.5. The van der Waals surface area contributed by atoms with E-state index in [0.717, 1.165) is 6.54 Å². The van der Waals surface area contributed by atoms with E-state index in [4.69, 9.17) is 4.42 Å². The van der Waals surface area contributed by atoms with Crippen LogP contribution in [0.4, 0.5) is 6.01 Å². The van der Waals surface area contributed by atoms with Gasteiger partial charge in [-0.15, -0.1) is 5.10 Å². The number of hydrogen-bond donors (Lipinski definition) is 1. The van der Waals surface area contributed by atoms with Gasteiger partial charge in [-0.1, -0.05) is 35.4 Å². The Bertz CT molecular complexity index is 495. The van der Waals surface area contributed by atoms with E-state index in [2.05, 4.69) is 46.4 Å². The number of hydrogen-bond acceptors (Lipinski definition) is 5. The van der Waals surface area contributed by atoms with E-state index in [1.54, 1.807) is 0 Å². The summed E-state index contributed by atoms with van der Waals surface area (Å²) in [6, 6.07) is 11.1. The third-order valence-electron chi connectivity index (χ3n) is 2.85. The summed E-state index contributed by atoms with van der Waals surface area (Å²) in [5.41, 5.74) is 1.23. The van der Waals surface area contributed by atoms with Crippen molar-refractivity contribution in [3.05, 3.63) is 41.8 Å². The Morgan fingerprint density at radius 1 is 1.21 bits per heavy atom. The predicted molar refractivity (Wildman–Crippen MR) is 74.8 cm³/mol. The lowest BCUT2D eigenvalue weighted by atomic mass is 10.2. The molecule has 0 unspecified atom stereocenters. The van der Waals surface area contributed by atoms with Crippen molar-refractivity contribution in [2.45, 2.75) is 33.0 Å². The zero-order chi connectivity index (χ0) is 13.7. The van der Waals surface area contributed by atoms with Gasteiger partial charge in [0.1, 0.15) is 0 Å². The predicted octanol–water partition coefficient (Wildman–Crippen LogP) is 2.20. The first-order chi connectivity index (χ1) is 9.20. The largest absolute Gasteiger partial charge is 0.407 e. The minimum Gasteiger partial charge on any atom is -0.407 e. The van der Waals surface area contributed by atoms with Crippen LogP contribution in [0.5, 0.6) is 0 Å². The minimum atomic E-state index is 0.295. The lowest BCUT2D eigenvalue weighted by Crippen LogP contribution is -2.30. The van der Waals surface area contributed by atoms with Crippen molar-refractivity contribution in [2.24, 2.45) is 0 Å². The molecule has 0 saturated carbocycles. The monoisotopic (exact) mass is 260 g/mol. The molecule has 2 rings (SSSR count). The first-order valence-electron chi connectivity index (χ1n) is 6.48. The molecule has 1 heterocycles. The SMILES string of the molecule is CNCc1nnc(N(Cc2ccccc2)C(C)C)o1. The van der Waals surface area contributed by atoms with Crippen LogP contribution in [-0.2, 0) is 13.1 Å². The van der Waals surface area contributed by atoms with Crippen LogP contribution >= 0.6 is 0 Å². The Hall–Kier alpha value is -1.88. The van der Waals surface area contributed by atoms with Crippen molar-refractivity contribution in [1.82, 2.24) is 15.5 Å². The van der Waals surface area contributed by atoms with E-state index in [1.165, 1.54) is 5.56 Å². The van der Waals surface area contributed by atoms with E-state index in [-0.39, 0.29) is 0 Å². The average molecular weight is 260 g/mol. The molecule has 0 saturated heterocycles. The molecule has 5 nitrogen and oxygen atoms in total. The highest BCUT2D eigenvalue weighted by atomic mass is 16.4. The second kappa shape index (κ2) is 6.33. The molecule has 102 valence electrons. The molecule has 0 atom stereocenters. The Morgan fingerprint density at radius 3 is 2.58 bits per heavy atom. The molecule has 0 spiro atoms. The number of aromatic nitrogens is 2. The highest BCUT2D eigenvalue weighted by Crippen LogP contribution is 2.18. The summed E-state index contributed by atoms with van der Waals surface area (Å²) in [5.74, 6) is 0.608. The molecule has 0 radical (unpaired) electrons. The molecular formula is C14H20N4O. The van der Waals surface area contributed by atoms with E-state index < -0.39 is 0 Å². The lowest BCUT2D eigenvalue weighted by Gasteiger charge is -2.24. The molecule has 0 aliphatic rings. The van der Waals surface area contributed by atoms with Crippen molar-refractivity contribution in [3.63, 3.8) is 0 Å². The van der Waals surface area contributed by atoms with Gasteiger partial charge in [-0.3, -0.25) is 0 Å². The Morgan fingerprint density at radius 2 is 1.95 bits per heavy atom. The fourth-order valence-corrected chi connectivity index (χ4v) is 1.83. The third-order valence-corrected chi connectivity index (χ3v) is 2.85. The average Bonchev–Trinajstić information content (AvgIpc) is 2.85. The van der Waals surface area contributed by atoms with Gasteiger partial charge in [0.25, 0.3) is 0 Å². The van der Waals surface area contributed by atoms with Crippen LogP contribution < -0.4 is 10.2 Å². The van der Waals surface area contributed by atoms with Crippen LogP contribution in [0.2, 0.25) is 0 Å². The van der Waals surface area contributed by atoms with Crippen LogP contribution in [0.25, 0.3) is 0 Å². The van der Waals surface area contributed by atoms with Gasteiger partial charge < -0.3 is 14.6 Å². The normalized spacial score (nSPS) is 10.9. The molecule has 1 aromatic carbocycles. The Kier molecular flexibility index (Phi) is 4.52. The maximum absolute atomic E-state index is 5.66. The van der Waals surface area contributed by atoms with Gasteiger partial charge in [0, 0.05) is 12.6 Å². The van der Waals surface area contributed by atoms with Crippen molar-refractivity contribution >= 4 is 6.01 Å². The quantitative estimate of drug-likeness (QED) is 0.863. The van der Waals surface area contributed by atoms with Crippen molar-refractivity contribution in [1.29, 1.82) is 0 Å². The third kappa shape index (κ3) is 3.54. The molecule has 0 bridgehead atoms.